The van der Waals surface area contributed by atoms with Crippen LogP contribution >= 0.6 is 0 Å². The largest absolute Gasteiger partial charge is 0.379 e. The summed E-state index contributed by atoms with van der Waals surface area (Å²) in [5, 5.41) is 6.39. The highest BCUT2D eigenvalue weighted by molar-refractivity contribution is 5.80. The van der Waals surface area contributed by atoms with Gasteiger partial charge in [-0.05, 0) is 32.9 Å². The summed E-state index contributed by atoms with van der Waals surface area (Å²) in [6, 6.07) is 10.5. The van der Waals surface area contributed by atoms with Crippen molar-refractivity contribution in [2.75, 3.05) is 14.2 Å². The molecule has 5 atom stereocenters. The van der Waals surface area contributed by atoms with Crippen LogP contribution in [0.1, 0.15) is 38.7 Å². The quantitative estimate of drug-likeness (QED) is 0.813. The van der Waals surface area contributed by atoms with Crippen LogP contribution in [0.3, 0.4) is 0 Å². The van der Waals surface area contributed by atoms with Gasteiger partial charge < -0.3 is 15.4 Å². The van der Waals surface area contributed by atoms with Crippen LogP contribution in [0.2, 0.25) is 0 Å². The first-order valence-electron chi connectivity index (χ1n) is 8.00. The predicted molar refractivity (Wildman–Crippen MR) is 88.8 cm³/mol. The predicted octanol–water partition coefficient (Wildman–Crippen LogP) is 2.31. The lowest BCUT2D eigenvalue weighted by Gasteiger charge is -2.28. The summed E-state index contributed by atoms with van der Waals surface area (Å²) < 4.78 is 5.51. The van der Waals surface area contributed by atoms with Gasteiger partial charge in [0.05, 0.1) is 12.0 Å². The highest BCUT2D eigenvalue weighted by Crippen LogP contribution is 2.51. The maximum atomic E-state index is 12.6. The summed E-state index contributed by atoms with van der Waals surface area (Å²) in [5.74, 6) is 0.281. The zero-order chi connectivity index (χ0) is 16.3. The Balaban J connectivity index is 1.97. The third-order valence-corrected chi connectivity index (χ3v) is 4.97. The van der Waals surface area contributed by atoms with Gasteiger partial charge in [0.2, 0.25) is 5.91 Å². The molecule has 2 rings (SSSR count). The van der Waals surface area contributed by atoms with Gasteiger partial charge in [-0.15, -0.1) is 0 Å². The lowest BCUT2D eigenvalue weighted by molar-refractivity contribution is -0.130. The second-order valence-electron chi connectivity index (χ2n) is 6.64. The van der Waals surface area contributed by atoms with E-state index in [9.17, 15) is 4.79 Å². The number of benzene rings is 1. The molecule has 22 heavy (non-hydrogen) atoms. The van der Waals surface area contributed by atoms with Crippen LogP contribution in [-0.4, -0.2) is 37.7 Å². The smallest absolute Gasteiger partial charge is 0.225 e. The number of ether oxygens (including phenoxy) is 1. The molecule has 3 unspecified atom stereocenters. The fourth-order valence-corrected chi connectivity index (χ4v) is 3.22. The molecule has 1 aromatic carbocycles. The van der Waals surface area contributed by atoms with Crippen LogP contribution in [0.4, 0.5) is 0 Å². The zero-order valence-electron chi connectivity index (χ0n) is 14.2. The topological polar surface area (TPSA) is 50.4 Å². The Morgan fingerprint density at radius 2 is 1.95 bits per heavy atom. The number of methoxy groups -OCH3 is 1. The van der Waals surface area contributed by atoms with Crippen molar-refractivity contribution in [1.29, 1.82) is 0 Å². The fraction of sp³-hybridized carbons (Fsp3) is 0.611. The molecule has 2 N–H and O–H groups in total. The van der Waals surface area contributed by atoms with Gasteiger partial charge in [0.1, 0.15) is 0 Å². The summed E-state index contributed by atoms with van der Waals surface area (Å²) in [4.78, 5) is 12.6. The normalized spacial score (nSPS) is 27.8. The maximum absolute atomic E-state index is 12.6. The molecule has 0 radical (unpaired) electrons. The minimum Gasteiger partial charge on any atom is -0.379 e. The Bertz CT molecular complexity index is 505. The minimum absolute atomic E-state index is 0.0647. The van der Waals surface area contributed by atoms with Gasteiger partial charge in [0, 0.05) is 24.6 Å². The van der Waals surface area contributed by atoms with Crippen LogP contribution in [0.25, 0.3) is 0 Å². The molecule has 0 heterocycles. The average Bonchev–Trinajstić information content (AvgIpc) is 3.19. The number of nitrogens with one attached hydrogen (secondary N) is 2. The molecule has 1 aromatic rings. The molecule has 1 amide bonds. The van der Waals surface area contributed by atoms with Crippen molar-refractivity contribution in [2.45, 2.75) is 50.8 Å². The molecule has 0 saturated heterocycles. The number of hydrogen-bond acceptors (Lipinski definition) is 3. The van der Waals surface area contributed by atoms with Gasteiger partial charge in [-0.3, -0.25) is 4.79 Å². The van der Waals surface area contributed by atoms with E-state index in [1.54, 1.807) is 7.11 Å². The molecule has 0 aliphatic heterocycles. The Morgan fingerprint density at radius 1 is 1.32 bits per heavy atom. The highest BCUT2D eigenvalue weighted by Gasteiger charge is 2.52. The van der Waals surface area contributed by atoms with Crippen molar-refractivity contribution in [2.24, 2.45) is 5.92 Å². The molecule has 4 nitrogen and oxygen atoms in total. The van der Waals surface area contributed by atoms with Crippen molar-refractivity contribution in [3.05, 3.63) is 35.9 Å². The van der Waals surface area contributed by atoms with Gasteiger partial charge in [-0.25, -0.2) is 0 Å². The van der Waals surface area contributed by atoms with Crippen LogP contribution in [0.5, 0.6) is 0 Å². The number of likely N-dealkylation sites (N-methyl/N-ethyl adjacent to an activating group) is 1. The van der Waals surface area contributed by atoms with Gasteiger partial charge >= 0.3 is 0 Å². The number of carbonyl (C=O) groups is 1. The first-order valence-corrected chi connectivity index (χ1v) is 8.00. The lowest BCUT2D eigenvalue weighted by atomic mass is 9.97. The average molecular weight is 304 g/mol. The first-order chi connectivity index (χ1) is 10.4. The third-order valence-electron chi connectivity index (χ3n) is 4.97. The van der Waals surface area contributed by atoms with Crippen molar-refractivity contribution >= 4 is 5.91 Å². The summed E-state index contributed by atoms with van der Waals surface area (Å²) in [5.41, 5.74) is 1.17. The maximum Gasteiger partial charge on any atom is 0.225 e. The molecule has 4 heteroatoms. The molecular formula is C18H28N2O2. The Labute approximate surface area is 133 Å². The van der Waals surface area contributed by atoms with Crippen molar-refractivity contribution < 1.29 is 9.53 Å². The van der Waals surface area contributed by atoms with E-state index in [-0.39, 0.29) is 29.5 Å². The van der Waals surface area contributed by atoms with Gasteiger partial charge in [0.25, 0.3) is 0 Å². The van der Waals surface area contributed by atoms with Crippen molar-refractivity contribution in [3.63, 3.8) is 0 Å². The molecule has 122 valence electrons. The molecule has 1 fully saturated rings. The second-order valence-corrected chi connectivity index (χ2v) is 6.64. The van der Waals surface area contributed by atoms with Gasteiger partial charge in [-0.2, -0.15) is 0 Å². The monoisotopic (exact) mass is 304 g/mol. The Hall–Kier alpha value is -1.39. The molecule has 0 spiro atoms. The fourth-order valence-electron chi connectivity index (χ4n) is 3.22. The van der Waals surface area contributed by atoms with E-state index in [1.165, 1.54) is 5.56 Å². The van der Waals surface area contributed by atoms with Crippen LogP contribution < -0.4 is 10.6 Å². The SMILES string of the molecule is CNC(C)C(OC)C(C)C(=O)N[C@@]1(C)C[C@@H]1c1ccccc1. The molecule has 1 saturated carbocycles. The van der Waals surface area contributed by atoms with Crippen molar-refractivity contribution in [1.82, 2.24) is 10.6 Å². The van der Waals surface area contributed by atoms with Crippen molar-refractivity contribution in [3.8, 4) is 0 Å². The second kappa shape index (κ2) is 6.80. The molecule has 0 bridgehead atoms. The molecular weight excluding hydrogens is 276 g/mol. The van der Waals surface area contributed by atoms with Crippen LogP contribution in [0.15, 0.2) is 30.3 Å². The number of carbonyl (C=O) groups excluding carboxylic acids is 1. The number of rotatable bonds is 7. The summed E-state index contributed by atoms with van der Waals surface area (Å²) in [6.45, 7) is 6.09. The van der Waals surface area contributed by atoms with Gasteiger partial charge in [0.15, 0.2) is 0 Å². The van der Waals surface area contributed by atoms with Gasteiger partial charge in [-0.1, -0.05) is 37.3 Å². The zero-order valence-corrected chi connectivity index (χ0v) is 14.2. The molecule has 0 aromatic heterocycles. The standard InChI is InChI=1S/C18H28N2O2/c1-12(16(22-5)13(2)19-4)17(21)20-18(3)11-15(18)14-9-7-6-8-10-14/h6-10,12-13,15-16,19H,11H2,1-5H3,(H,20,21)/t12?,13?,15-,16?,18+/m1/s1. The van der Waals surface area contributed by atoms with E-state index in [4.69, 9.17) is 4.74 Å². The van der Waals surface area contributed by atoms with Crippen LogP contribution in [-0.2, 0) is 9.53 Å². The molecule has 1 aliphatic rings. The van der Waals surface area contributed by atoms with E-state index >= 15 is 0 Å². The molecule has 1 aliphatic carbocycles. The lowest BCUT2D eigenvalue weighted by Crippen LogP contribution is -2.48. The van der Waals surface area contributed by atoms with E-state index < -0.39 is 0 Å². The summed E-state index contributed by atoms with van der Waals surface area (Å²) >= 11 is 0. The highest BCUT2D eigenvalue weighted by atomic mass is 16.5. The Morgan fingerprint density at radius 3 is 2.50 bits per heavy atom. The third kappa shape index (κ3) is 3.50. The minimum atomic E-state index is -0.193. The first kappa shape index (κ1) is 17.0. The number of hydrogen-bond donors (Lipinski definition) is 2. The van der Waals surface area contributed by atoms with E-state index in [0.717, 1.165) is 6.42 Å². The summed E-state index contributed by atoms with van der Waals surface area (Å²) in [6.07, 6.45) is 0.858. The Kier molecular flexibility index (Phi) is 5.24. The van der Waals surface area contributed by atoms with E-state index in [2.05, 4.69) is 29.7 Å². The van der Waals surface area contributed by atoms with E-state index in [1.807, 2.05) is 39.1 Å². The van der Waals surface area contributed by atoms with E-state index in [0.29, 0.717) is 5.92 Å². The van der Waals surface area contributed by atoms with Crippen LogP contribution in [0, 0.1) is 5.92 Å². The number of amides is 1. The summed E-state index contributed by atoms with van der Waals surface area (Å²) in [7, 11) is 3.54.